The van der Waals surface area contributed by atoms with E-state index >= 15 is 0 Å². The third kappa shape index (κ3) is 5.20. The highest BCUT2D eigenvalue weighted by Crippen LogP contribution is 2.16. The number of nitrogens with zero attached hydrogens (tertiary/aromatic N) is 2. The van der Waals surface area contributed by atoms with E-state index in [1.165, 1.54) is 18.2 Å². The number of carbonyl (C=O) groups excluding carboxylic acids is 2. The molecule has 0 bridgehead atoms. The number of carbonyl (C=O) groups is 2. The van der Waals surface area contributed by atoms with Gasteiger partial charge in [-0.15, -0.1) is 0 Å². The average molecular weight is 391 g/mol. The van der Waals surface area contributed by atoms with Gasteiger partial charge in [-0.3, -0.25) is 9.59 Å². The van der Waals surface area contributed by atoms with Gasteiger partial charge >= 0.3 is 0 Å². The van der Waals surface area contributed by atoms with E-state index in [1.807, 2.05) is 0 Å². The van der Waals surface area contributed by atoms with Crippen molar-refractivity contribution < 1.29 is 18.7 Å². The first kappa shape index (κ1) is 19.2. The Balaban J connectivity index is 1.53. The molecule has 1 saturated heterocycles. The molecule has 2 amide bonds. The van der Waals surface area contributed by atoms with Crippen LogP contribution in [-0.4, -0.2) is 54.4 Å². The van der Waals surface area contributed by atoms with E-state index in [4.69, 9.17) is 16.3 Å². The largest absolute Gasteiger partial charge is 0.484 e. The molecule has 5 nitrogen and oxygen atoms in total. The molecule has 0 N–H and O–H groups in total. The van der Waals surface area contributed by atoms with Crippen molar-refractivity contribution in [2.45, 2.75) is 6.42 Å². The number of hydrogen-bond donors (Lipinski definition) is 0. The maximum absolute atomic E-state index is 13.3. The van der Waals surface area contributed by atoms with Crippen LogP contribution in [0.4, 0.5) is 4.39 Å². The summed E-state index contributed by atoms with van der Waals surface area (Å²) in [7, 11) is 0. The van der Waals surface area contributed by atoms with E-state index in [2.05, 4.69) is 0 Å². The Morgan fingerprint density at radius 3 is 2.44 bits per heavy atom. The van der Waals surface area contributed by atoms with Crippen molar-refractivity contribution in [2.24, 2.45) is 0 Å². The standard InChI is InChI=1S/C20H20ClFN2O3/c21-16-5-7-18(8-6-16)27-14-19(25)23-9-2-10-24(12-11-23)20(26)15-3-1-4-17(22)13-15/h1,3-8,13H,2,9-12,14H2. The van der Waals surface area contributed by atoms with E-state index < -0.39 is 5.82 Å². The molecule has 0 unspecified atom stereocenters. The van der Waals surface area contributed by atoms with Crippen LogP contribution in [0.25, 0.3) is 0 Å². The maximum Gasteiger partial charge on any atom is 0.260 e. The fraction of sp³-hybridized carbons (Fsp3) is 0.300. The first-order chi connectivity index (χ1) is 13.0. The Kier molecular flexibility index (Phi) is 6.29. The fourth-order valence-corrected chi connectivity index (χ4v) is 3.07. The topological polar surface area (TPSA) is 49.9 Å². The highest BCUT2D eigenvalue weighted by Gasteiger charge is 2.23. The molecule has 2 aromatic rings. The molecule has 2 aromatic carbocycles. The predicted octanol–water partition coefficient (Wildman–Crippen LogP) is 3.23. The summed E-state index contributed by atoms with van der Waals surface area (Å²) in [6.07, 6.45) is 0.660. The monoisotopic (exact) mass is 390 g/mol. The zero-order valence-corrected chi connectivity index (χ0v) is 15.5. The fourth-order valence-electron chi connectivity index (χ4n) is 2.94. The van der Waals surface area contributed by atoms with E-state index in [0.717, 1.165) is 0 Å². The van der Waals surface area contributed by atoms with Gasteiger partial charge in [0.2, 0.25) is 0 Å². The number of benzene rings is 2. The Bertz CT molecular complexity index is 813. The molecule has 7 heteroatoms. The number of amides is 2. The molecule has 0 aromatic heterocycles. The smallest absolute Gasteiger partial charge is 0.260 e. The summed E-state index contributed by atoms with van der Waals surface area (Å²) in [6.45, 7) is 1.83. The number of rotatable bonds is 4. The summed E-state index contributed by atoms with van der Waals surface area (Å²) in [5.41, 5.74) is 0.320. The lowest BCUT2D eigenvalue weighted by molar-refractivity contribution is -0.133. The minimum Gasteiger partial charge on any atom is -0.484 e. The normalized spacial score (nSPS) is 14.6. The third-order valence-corrected chi connectivity index (χ3v) is 4.64. The van der Waals surface area contributed by atoms with Gasteiger partial charge in [0.1, 0.15) is 11.6 Å². The van der Waals surface area contributed by atoms with Crippen LogP contribution in [0.1, 0.15) is 16.8 Å². The van der Waals surface area contributed by atoms with E-state index in [-0.39, 0.29) is 18.4 Å². The van der Waals surface area contributed by atoms with Gasteiger partial charge in [0.05, 0.1) is 0 Å². The molecule has 142 valence electrons. The molecule has 1 aliphatic heterocycles. The molecule has 1 fully saturated rings. The number of ether oxygens (including phenoxy) is 1. The van der Waals surface area contributed by atoms with Gasteiger partial charge < -0.3 is 14.5 Å². The lowest BCUT2D eigenvalue weighted by Crippen LogP contribution is -2.39. The van der Waals surface area contributed by atoms with Crippen LogP contribution in [0.5, 0.6) is 5.75 Å². The molecular weight excluding hydrogens is 371 g/mol. The van der Waals surface area contributed by atoms with Crippen LogP contribution in [-0.2, 0) is 4.79 Å². The van der Waals surface area contributed by atoms with Crippen molar-refractivity contribution in [3.05, 3.63) is 64.9 Å². The molecule has 0 saturated carbocycles. The quantitative estimate of drug-likeness (QED) is 0.805. The second kappa shape index (κ2) is 8.86. The molecule has 27 heavy (non-hydrogen) atoms. The second-order valence-electron chi connectivity index (χ2n) is 6.28. The van der Waals surface area contributed by atoms with E-state index in [0.29, 0.717) is 48.9 Å². The molecule has 0 spiro atoms. The molecule has 0 atom stereocenters. The lowest BCUT2D eigenvalue weighted by atomic mass is 10.2. The molecule has 0 radical (unpaired) electrons. The zero-order valence-electron chi connectivity index (χ0n) is 14.7. The van der Waals surface area contributed by atoms with Crippen molar-refractivity contribution in [3.8, 4) is 5.75 Å². The Hall–Kier alpha value is -2.60. The summed E-state index contributed by atoms with van der Waals surface area (Å²) < 4.78 is 18.8. The summed E-state index contributed by atoms with van der Waals surface area (Å²) in [5.74, 6) is -0.219. The van der Waals surface area contributed by atoms with Crippen molar-refractivity contribution in [2.75, 3.05) is 32.8 Å². The van der Waals surface area contributed by atoms with Gasteiger partial charge in [0.25, 0.3) is 11.8 Å². The van der Waals surface area contributed by atoms with Gasteiger partial charge in [0, 0.05) is 36.8 Å². The van der Waals surface area contributed by atoms with E-state index in [9.17, 15) is 14.0 Å². The van der Waals surface area contributed by atoms with Crippen LogP contribution in [0.15, 0.2) is 48.5 Å². The van der Waals surface area contributed by atoms with Crippen LogP contribution < -0.4 is 4.74 Å². The molecular formula is C20H20ClFN2O3. The molecule has 1 aliphatic rings. The first-order valence-corrected chi connectivity index (χ1v) is 9.12. The minimum atomic E-state index is -0.438. The minimum absolute atomic E-state index is 0.0700. The zero-order chi connectivity index (χ0) is 19.2. The van der Waals surface area contributed by atoms with Crippen molar-refractivity contribution in [1.29, 1.82) is 0 Å². The highest BCUT2D eigenvalue weighted by molar-refractivity contribution is 6.30. The summed E-state index contributed by atoms with van der Waals surface area (Å²) in [4.78, 5) is 28.3. The second-order valence-corrected chi connectivity index (χ2v) is 6.72. The highest BCUT2D eigenvalue weighted by atomic mass is 35.5. The number of hydrogen-bond acceptors (Lipinski definition) is 3. The first-order valence-electron chi connectivity index (χ1n) is 8.74. The Morgan fingerprint density at radius 2 is 1.70 bits per heavy atom. The van der Waals surface area contributed by atoms with E-state index in [1.54, 1.807) is 40.1 Å². The van der Waals surface area contributed by atoms with Crippen LogP contribution in [0.3, 0.4) is 0 Å². The number of halogens is 2. The molecule has 0 aliphatic carbocycles. The van der Waals surface area contributed by atoms with Crippen LogP contribution in [0, 0.1) is 5.82 Å². The summed E-state index contributed by atoms with van der Waals surface area (Å²) >= 11 is 5.82. The lowest BCUT2D eigenvalue weighted by Gasteiger charge is -2.22. The summed E-state index contributed by atoms with van der Waals surface area (Å²) in [5, 5.41) is 0.601. The molecule has 1 heterocycles. The Morgan fingerprint density at radius 1 is 1.00 bits per heavy atom. The SMILES string of the molecule is O=C(COc1ccc(Cl)cc1)N1CCCN(C(=O)c2cccc(F)c2)CC1. The van der Waals surface area contributed by atoms with Gasteiger partial charge in [-0.05, 0) is 48.9 Å². The maximum atomic E-state index is 13.3. The predicted molar refractivity (Wildman–Crippen MR) is 100 cm³/mol. The third-order valence-electron chi connectivity index (χ3n) is 4.38. The van der Waals surface area contributed by atoms with Gasteiger partial charge in [-0.1, -0.05) is 17.7 Å². The van der Waals surface area contributed by atoms with Crippen LogP contribution in [0.2, 0.25) is 5.02 Å². The van der Waals surface area contributed by atoms with Crippen molar-refractivity contribution >= 4 is 23.4 Å². The summed E-state index contributed by atoms with van der Waals surface area (Å²) in [6, 6.07) is 12.5. The molecule has 3 rings (SSSR count). The van der Waals surface area contributed by atoms with Gasteiger partial charge in [-0.25, -0.2) is 4.39 Å². The van der Waals surface area contributed by atoms with Gasteiger partial charge in [-0.2, -0.15) is 0 Å². The average Bonchev–Trinajstić information content (AvgIpc) is 2.93. The van der Waals surface area contributed by atoms with Crippen molar-refractivity contribution in [3.63, 3.8) is 0 Å². The van der Waals surface area contributed by atoms with Crippen molar-refractivity contribution in [1.82, 2.24) is 9.80 Å². The van der Waals surface area contributed by atoms with Crippen LogP contribution >= 0.6 is 11.6 Å². The van der Waals surface area contributed by atoms with Gasteiger partial charge in [0.15, 0.2) is 6.61 Å². The Labute approximate surface area is 162 Å².